The van der Waals surface area contributed by atoms with E-state index in [0.29, 0.717) is 18.1 Å². The summed E-state index contributed by atoms with van der Waals surface area (Å²) >= 11 is 0. The van der Waals surface area contributed by atoms with Crippen LogP contribution in [0.5, 0.6) is 0 Å². The minimum absolute atomic E-state index is 0.0894. The van der Waals surface area contributed by atoms with Crippen molar-refractivity contribution in [3.8, 4) is 0 Å². The van der Waals surface area contributed by atoms with Crippen molar-refractivity contribution < 1.29 is 29.0 Å². The van der Waals surface area contributed by atoms with Gasteiger partial charge in [-0.1, -0.05) is 60.7 Å². The van der Waals surface area contributed by atoms with Gasteiger partial charge in [-0.25, -0.2) is 0 Å². The van der Waals surface area contributed by atoms with E-state index in [1.165, 1.54) is 25.0 Å². The molecule has 0 radical (unpaired) electrons. The zero-order valence-corrected chi connectivity index (χ0v) is 30.9. The lowest BCUT2D eigenvalue weighted by Crippen LogP contribution is -2.43. The van der Waals surface area contributed by atoms with Crippen molar-refractivity contribution >= 4 is 23.8 Å². The number of piperidine rings is 3. The van der Waals surface area contributed by atoms with Crippen molar-refractivity contribution in [1.29, 1.82) is 0 Å². The van der Waals surface area contributed by atoms with Crippen molar-refractivity contribution in [2.45, 2.75) is 97.4 Å². The molecule has 3 aliphatic rings. The van der Waals surface area contributed by atoms with Crippen molar-refractivity contribution in [2.75, 3.05) is 46.4 Å². The van der Waals surface area contributed by atoms with Crippen LogP contribution < -0.4 is 21.7 Å². The Balaban J connectivity index is 0.000000343. The van der Waals surface area contributed by atoms with Crippen LogP contribution >= 0.6 is 0 Å². The van der Waals surface area contributed by atoms with E-state index < -0.39 is 11.9 Å². The molecule has 50 heavy (non-hydrogen) atoms. The molecule has 280 valence electrons. The van der Waals surface area contributed by atoms with Gasteiger partial charge in [-0.2, -0.15) is 0 Å². The number of amides is 2. The number of esters is 2. The van der Waals surface area contributed by atoms with Gasteiger partial charge in [0.25, 0.3) is 0 Å². The van der Waals surface area contributed by atoms with Crippen LogP contribution in [0, 0.1) is 0 Å². The highest BCUT2D eigenvalue weighted by Crippen LogP contribution is 2.14. The number of carbonyl (C=O) groups is 4. The zero-order chi connectivity index (χ0) is 37.1. The molecule has 0 saturated carbocycles. The van der Waals surface area contributed by atoms with Crippen molar-refractivity contribution in [2.24, 2.45) is 5.73 Å². The summed E-state index contributed by atoms with van der Waals surface area (Å²) in [5.41, 5.74) is 8.64. The summed E-state index contributed by atoms with van der Waals surface area (Å²) in [5, 5.41) is 16.1. The maximum absolute atomic E-state index is 11.0. The summed E-state index contributed by atoms with van der Waals surface area (Å²) in [6, 6.07) is 22.4. The quantitative estimate of drug-likeness (QED) is 0.224. The normalized spacial score (nSPS) is 16.9. The molecule has 0 atom stereocenters. The second-order valence-electron chi connectivity index (χ2n) is 12.6. The highest BCUT2D eigenvalue weighted by Gasteiger charge is 2.19. The highest BCUT2D eigenvalue weighted by molar-refractivity contribution is 5.82. The van der Waals surface area contributed by atoms with Crippen LogP contribution in [-0.2, 0) is 37.0 Å². The summed E-state index contributed by atoms with van der Waals surface area (Å²) in [4.78, 5) is 46.1. The number of carbonyl (C=O) groups excluding carboxylic acids is 4. The number of nitrogens with two attached hydrogens (primary N) is 1. The second kappa shape index (κ2) is 27.1. The Hall–Kier alpha value is -3.68. The number of rotatable bonds is 6. The van der Waals surface area contributed by atoms with Crippen LogP contribution in [0.4, 0.5) is 0 Å². The molecular weight excluding hydrogens is 636 g/mol. The first-order chi connectivity index (χ1) is 24.0. The van der Waals surface area contributed by atoms with Gasteiger partial charge < -0.3 is 31.5 Å². The molecule has 5 rings (SSSR count). The lowest BCUT2D eigenvalue weighted by molar-refractivity contribution is -0.156. The summed E-state index contributed by atoms with van der Waals surface area (Å²) in [6.45, 7) is 14.1. The average Bonchev–Trinajstić information content (AvgIpc) is 3.09. The molecule has 0 spiro atoms. The van der Waals surface area contributed by atoms with E-state index >= 15 is 0 Å². The lowest BCUT2D eigenvalue weighted by atomic mass is 10.0. The molecular formula is C38H62N6O6. The molecule has 12 heteroatoms. The van der Waals surface area contributed by atoms with Crippen molar-refractivity contribution in [3.63, 3.8) is 0 Å². The first kappa shape index (κ1) is 44.3. The van der Waals surface area contributed by atoms with E-state index in [4.69, 9.17) is 10.8 Å². The summed E-state index contributed by atoms with van der Waals surface area (Å²) in [7, 11) is 1.00. The largest absolute Gasteiger partial charge is 0.400 e. The Morgan fingerprint density at radius 3 is 1.36 bits per heavy atom. The Morgan fingerprint density at radius 2 is 1.02 bits per heavy atom. The van der Waals surface area contributed by atoms with Crippen LogP contribution in [-0.4, -0.2) is 103 Å². The predicted octanol–water partition coefficient (Wildman–Crippen LogP) is 2.98. The van der Waals surface area contributed by atoms with Gasteiger partial charge in [0.1, 0.15) is 0 Å². The highest BCUT2D eigenvalue weighted by atomic mass is 16.6. The van der Waals surface area contributed by atoms with Crippen LogP contribution in [0.2, 0.25) is 0 Å². The minimum Gasteiger partial charge on any atom is -0.400 e. The molecule has 3 heterocycles. The number of nitrogens with one attached hydrogen (secondary N) is 3. The Morgan fingerprint density at radius 1 is 0.660 bits per heavy atom. The smallest absolute Gasteiger partial charge is 0.310 e. The molecule has 0 aliphatic carbocycles. The van der Waals surface area contributed by atoms with Crippen LogP contribution in [0.3, 0.4) is 0 Å². The third kappa shape index (κ3) is 22.9. The molecule has 2 amide bonds. The molecule has 0 aromatic heterocycles. The van der Waals surface area contributed by atoms with Gasteiger partial charge >= 0.3 is 11.9 Å². The molecule has 3 aliphatic heterocycles. The number of benzene rings is 2. The zero-order valence-electron chi connectivity index (χ0n) is 30.9. The first-order valence-electron chi connectivity index (χ1n) is 17.7. The Bertz CT molecular complexity index is 1180. The molecule has 2 aromatic carbocycles. The number of aliphatic hydroxyl groups is 1. The van der Waals surface area contributed by atoms with Crippen LogP contribution in [0.1, 0.15) is 77.3 Å². The average molecular weight is 699 g/mol. The predicted molar refractivity (Wildman–Crippen MR) is 198 cm³/mol. The van der Waals surface area contributed by atoms with E-state index in [0.717, 1.165) is 98.0 Å². The van der Waals surface area contributed by atoms with Gasteiger partial charge in [0, 0.05) is 79.1 Å². The number of likely N-dealkylation sites (tertiary alicyclic amines) is 2. The molecule has 12 nitrogen and oxygen atoms in total. The van der Waals surface area contributed by atoms with Gasteiger partial charge in [-0.05, 0) is 75.8 Å². The number of ether oxygens (including phenoxy) is 1. The van der Waals surface area contributed by atoms with E-state index in [-0.39, 0.29) is 11.8 Å². The number of nitrogens with zero attached hydrogens (tertiary/aromatic N) is 2. The molecule has 0 unspecified atom stereocenters. The molecule has 6 N–H and O–H groups in total. The fourth-order valence-electron chi connectivity index (χ4n) is 5.77. The number of hydrogen-bond acceptors (Lipinski definition) is 10. The van der Waals surface area contributed by atoms with Gasteiger partial charge in [0.2, 0.25) is 11.8 Å². The SMILES string of the molecule is CC(=O)NC1CCN(Cc2ccccc2)CC1.CC(=O)NC1CCNCC1.CC(=O)OC(C)=O.CO.NC1CCN(Cc2ccccc2)CC1. The third-order valence-electron chi connectivity index (χ3n) is 8.16. The van der Waals surface area contributed by atoms with E-state index in [1.807, 2.05) is 6.07 Å². The van der Waals surface area contributed by atoms with Crippen LogP contribution in [0.25, 0.3) is 0 Å². The fraction of sp³-hybridized carbons (Fsp3) is 0.579. The molecule has 3 saturated heterocycles. The topological polar surface area (TPSA) is 166 Å². The Labute approximate surface area is 299 Å². The van der Waals surface area contributed by atoms with Gasteiger partial charge in [-0.15, -0.1) is 0 Å². The summed E-state index contributed by atoms with van der Waals surface area (Å²) in [5.74, 6) is -0.946. The van der Waals surface area contributed by atoms with E-state index in [1.54, 1.807) is 13.8 Å². The fourth-order valence-corrected chi connectivity index (χ4v) is 5.77. The van der Waals surface area contributed by atoms with E-state index in [2.05, 4.69) is 85.1 Å². The van der Waals surface area contributed by atoms with Crippen molar-refractivity contribution in [3.05, 3.63) is 71.8 Å². The monoisotopic (exact) mass is 698 g/mol. The van der Waals surface area contributed by atoms with E-state index in [9.17, 15) is 19.2 Å². The molecule has 0 bridgehead atoms. The lowest BCUT2D eigenvalue weighted by Gasteiger charge is -2.32. The third-order valence-corrected chi connectivity index (χ3v) is 8.16. The Kier molecular flexibility index (Phi) is 24.0. The number of aliphatic hydroxyl groups excluding tert-OH is 1. The minimum atomic E-state index is -0.562. The number of hydrogen-bond donors (Lipinski definition) is 5. The second-order valence-corrected chi connectivity index (χ2v) is 12.6. The van der Waals surface area contributed by atoms with Gasteiger partial charge in [0.05, 0.1) is 0 Å². The maximum Gasteiger partial charge on any atom is 0.310 e. The maximum atomic E-state index is 11.0. The molecule has 3 fully saturated rings. The summed E-state index contributed by atoms with van der Waals surface area (Å²) < 4.78 is 3.97. The standard InChI is InChI=1S/C14H20N2O.C12H18N2.C7H14N2O.C4H6O3.CH4O/c1-12(17)15-14-7-9-16(10-8-14)11-13-5-3-2-4-6-13;13-12-6-8-14(9-7-12)10-11-4-2-1-3-5-11;1-6(10)9-7-2-4-8-5-3-7;1-3(5)7-4(2)6;1-2/h2-6,14H,7-11H2,1H3,(H,15,17);1-5,12H,6-10,13H2;7-8H,2-5H2,1H3,(H,9,10);1-2H3;2H,1H3. The first-order valence-corrected chi connectivity index (χ1v) is 17.7. The van der Waals surface area contributed by atoms with Gasteiger partial charge in [0.15, 0.2) is 0 Å². The molecule has 2 aromatic rings. The summed E-state index contributed by atoms with van der Waals surface area (Å²) in [6.07, 6.45) is 6.55. The van der Waals surface area contributed by atoms with Crippen LogP contribution in [0.15, 0.2) is 60.7 Å². The van der Waals surface area contributed by atoms with Crippen molar-refractivity contribution in [1.82, 2.24) is 25.8 Å². The van der Waals surface area contributed by atoms with Gasteiger partial charge in [-0.3, -0.25) is 29.0 Å².